The smallest absolute Gasteiger partial charge is 0.128 e. The lowest BCUT2D eigenvalue weighted by molar-refractivity contribution is 0.315. The molecule has 1 aliphatic heterocycles. The normalized spacial score (nSPS) is 18.7. The molecule has 0 saturated carbocycles. The summed E-state index contributed by atoms with van der Waals surface area (Å²) in [5, 5.41) is 0. The molecule has 2 heterocycles. The zero-order chi connectivity index (χ0) is 13.4. The van der Waals surface area contributed by atoms with Crippen molar-refractivity contribution < 1.29 is 4.74 Å². The predicted molar refractivity (Wildman–Crippen MR) is 75.0 cm³/mol. The van der Waals surface area contributed by atoms with Gasteiger partial charge in [-0.15, -0.1) is 0 Å². The molecule has 0 bridgehead atoms. The number of nitrogens with zero attached hydrogens (tertiary/aromatic N) is 1. The second kappa shape index (κ2) is 4.55. The Morgan fingerprint density at radius 2 is 2.16 bits per heavy atom. The van der Waals surface area contributed by atoms with Crippen LogP contribution in [0.4, 0.5) is 5.82 Å². The summed E-state index contributed by atoms with van der Waals surface area (Å²) in [5.74, 6) is 1.55. The van der Waals surface area contributed by atoms with Crippen LogP contribution < -0.4 is 16.2 Å². The molecular formula is C15H17N3O. The average Bonchev–Trinajstić information content (AvgIpc) is 2.84. The molecular weight excluding hydrogens is 238 g/mol. The van der Waals surface area contributed by atoms with Crippen LogP contribution in [0.1, 0.15) is 28.7 Å². The molecule has 98 valence electrons. The molecule has 0 fully saturated rings. The molecule has 4 heteroatoms. The van der Waals surface area contributed by atoms with Crippen LogP contribution in [0.5, 0.6) is 5.75 Å². The van der Waals surface area contributed by atoms with Gasteiger partial charge in [-0.3, -0.25) is 0 Å². The molecule has 1 aromatic heterocycles. The highest BCUT2D eigenvalue weighted by Crippen LogP contribution is 2.40. The van der Waals surface area contributed by atoms with E-state index >= 15 is 0 Å². The Morgan fingerprint density at radius 1 is 1.37 bits per heavy atom. The minimum absolute atomic E-state index is 0.127. The summed E-state index contributed by atoms with van der Waals surface area (Å²) in [6.07, 6.45) is 1.75. The van der Waals surface area contributed by atoms with Crippen molar-refractivity contribution in [1.82, 2.24) is 4.98 Å². The van der Waals surface area contributed by atoms with Crippen molar-refractivity contribution in [1.29, 1.82) is 0 Å². The Labute approximate surface area is 112 Å². The number of rotatable bonds is 2. The van der Waals surface area contributed by atoms with E-state index in [1.807, 2.05) is 31.2 Å². The van der Waals surface area contributed by atoms with Crippen LogP contribution in [-0.4, -0.2) is 11.6 Å². The van der Waals surface area contributed by atoms with Crippen molar-refractivity contribution in [3.05, 3.63) is 53.2 Å². The van der Waals surface area contributed by atoms with Gasteiger partial charge in [0.15, 0.2) is 0 Å². The van der Waals surface area contributed by atoms with Gasteiger partial charge >= 0.3 is 0 Å². The van der Waals surface area contributed by atoms with Gasteiger partial charge in [0, 0.05) is 29.3 Å². The molecule has 2 aromatic rings. The van der Waals surface area contributed by atoms with Gasteiger partial charge in [0.1, 0.15) is 11.6 Å². The summed E-state index contributed by atoms with van der Waals surface area (Å²) >= 11 is 0. The number of aromatic nitrogens is 1. The van der Waals surface area contributed by atoms with Gasteiger partial charge < -0.3 is 16.2 Å². The Bertz CT molecular complexity index is 612. The number of anilines is 1. The maximum Gasteiger partial charge on any atom is 0.128 e. The zero-order valence-electron chi connectivity index (χ0n) is 10.8. The molecule has 3 rings (SSSR count). The summed E-state index contributed by atoms with van der Waals surface area (Å²) in [6, 6.07) is 9.82. The average molecular weight is 255 g/mol. The van der Waals surface area contributed by atoms with Crippen molar-refractivity contribution in [2.24, 2.45) is 5.73 Å². The molecule has 0 saturated heterocycles. The Morgan fingerprint density at radius 3 is 3.00 bits per heavy atom. The van der Waals surface area contributed by atoms with Crippen LogP contribution in [0.3, 0.4) is 0 Å². The highest BCUT2D eigenvalue weighted by atomic mass is 16.5. The van der Waals surface area contributed by atoms with E-state index in [2.05, 4.69) is 11.1 Å². The van der Waals surface area contributed by atoms with Crippen LogP contribution in [0.15, 0.2) is 36.5 Å². The molecule has 1 aliphatic rings. The molecule has 4 nitrogen and oxygen atoms in total. The number of para-hydroxylation sites is 1. The first kappa shape index (κ1) is 12.0. The van der Waals surface area contributed by atoms with E-state index < -0.39 is 0 Å². The molecule has 0 amide bonds. The first-order chi connectivity index (χ1) is 9.16. The molecule has 4 N–H and O–H groups in total. The Balaban J connectivity index is 1.97. The summed E-state index contributed by atoms with van der Waals surface area (Å²) in [4.78, 5) is 4.18. The fourth-order valence-corrected chi connectivity index (χ4v) is 2.57. The highest BCUT2D eigenvalue weighted by molar-refractivity contribution is 5.47. The van der Waals surface area contributed by atoms with Crippen molar-refractivity contribution in [3.63, 3.8) is 0 Å². The number of aryl methyl sites for hydroxylation is 1. The topological polar surface area (TPSA) is 74.2 Å². The quantitative estimate of drug-likeness (QED) is 0.862. The first-order valence-electron chi connectivity index (χ1n) is 6.36. The molecule has 0 radical (unpaired) electrons. The van der Waals surface area contributed by atoms with Gasteiger partial charge in [0.25, 0.3) is 0 Å². The first-order valence-corrected chi connectivity index (χ1v) is 6.36. The van der Waals surface area contributed by atoms with E-state index in [4.69, 9.17) is 16.2 Å². The van der Waals surface area contributed by atoms with Crippen LogP contribution in [0, 0.1) is 6.92 Å². The number of ether oxygens (including phenoxy) is 1. The number of benzene rings is 1. The summed E-state index contributed by atoms with van der Waals surface area (Å²) in [6.45, 7) is 2.58. The van der Waals surface area contributed by atoms with Crippen molar-refractivity contribution in [2.45, 2.75) is 18.9 Å². The third kappa shape index (κ3) is 2.04. The zero-order valence-corrected chi connectivity index (χ0v) is 10.8. The van der Waals surface area contributed by atoms with Crippen molar-refractivity contribution in [3.8, 4) is 5.75 Å². The van der Waals surface area contributed by atoms with Gasteiger partial charge in [-0.2, -0.15) is 0 Å². The van der Waals surface area contributed by atoms with Gasteiger partial charge in [-0.1, -0.05) is 18.2 Å². The molecule has 2 atom stereocenters. The van der Waals surface area contributed by atoms with E-state index in [0.717, 1.165) is 22.4 Å². The van der Waals surface area contributed by atoms with E-state index in [1.165, 1.54) is 0 Å². The molecule has 0 aliphatic carbocycles. The second-order valence-corrected chi connectivity index (χ2v) is 4.97. The number of hydrogen-bond donors (Lipinski definition) is 2. The standard InChI is InChI=1S/C15H17N3O/c1-9-6-11(15(17)18-7-9)14(16)12-8-19-13-5-3-2-4-10(12)13/h2-7,12,14H,8,16H2,1H3,(H2,17,18). The summed E-state index contributed by atoms with van der Waals surface area (Å²) in [5.41, 5.74) is 15.4. The number of nitrogen functional groups attached to an aromatic ring is 1. The minimum atomic E-state index is -0.198. The largest absolute Gasteiger partial charge is 0.493 e. The van der Waals surface area contributed by atoms with Crippen LogP contribution in [-0.2, 0) is 0 Å². The van der Waals surface area contributed by atoms with Gasteiger partial charge in [-0.05, 0) is 24.6 Å². The van der Waals surface area contributed by atoms with Gasteiger partial charge in [0.05, 0.1) is 6.61 Å². The third-order valence-electron chi connectivity index (χ3n) is 3.62. The molecule has 1 aromatic carbocycles. The number of hydrogen-bond acceptors (Lipinski definition) is 4. The molecule has 19 heavy (non-hydrogen) atoms. The third-order valence-corrected chi connectivity index (χ3v) is 3.62. The van der Waals surface area contributed by atoms with Crippen molar-refractivity contribution in [2.75, 3.05) is 12.3 Å². The van der Waals surface area contributed by atoms with E-state index in [1.54, 1.807) is 6.20 Å². The second-order valence-electron chi connectivity index (χ2n) is 4.97. The molecule has 2 unspecified atom stereocenters. The van der Waals surface area contributed by atoms with Crippen LogP contribution in [0.2, 0.25) is 0 Å². The number of pyridine rings is 1. The number of nitrogens with two attached hydrogens (primary N) is 2. The summed E-state index contributed by atoms with van der Waals surface area (Å²) < 4.78 is 5.68. The fraction of sp³-hybridized carbons (Fsp3) is 0.267. The monoisotopic (exact) mass is 255 g/mol. The van der Waals surface area contributed by atoms with Gasteiger partial charge in [0.2, 0.25) is 0 Å². The Hall–Kier alpha value is -2.07. The predicted octanol–water partition coefficient (Wildman–Crippen LogP) is 2.15. The lowest BCUT2D eigenvalue weighted by atomic mass is 9.89. The van der Waals surface area contributed by atoms with Crippen LogP contribution in [0.25, 0.3) is 0 Å². The lowest BCUT2D eigenvalue weighted by Crippen LogP contribution is -2.22. The Kier molecular flexibility index (Phi) is 2.87. The van der Waals surface area contributed by atoms with E-state index in [0.29, 0.717) is 12.4 Å². The van der Waals surface area contributed by atoms with E-state index in [9.17, 15) is 0 Å². The maximum absolute atomic E-state index is 6.38. The van der Waals surface area contributed by atoms with Gasteiger partial charge in [-0.25, -0.2) is 4.98 Å². The maximum atomic E-state index is 6.38. The summed E-state index contributed by atoms with van der Waals surface area (Å²) in [7, 11) is 0. The molecule has 0 spiro atoms. The SMILES string of the molecule is Cc1cnc(N)c(C(N)C2COc3ccccc32)c1. The highest BCUT2D eigenvalue weighted by Gasteiger charge is 2.31. The fourth-order valence-electron chi connectivity index (χ4n) is 2.57. The number of fused-ring (bicyclic) bond motifs is 1. The van der Waals surface area contributed by atoms with Crippen molar-refractivity contribution >= 4 is 5.82 Å². The minimum Gasteiger partial charge on any atom is -0.493 e. The lowest BCUT2D eigenvalue weighted by Gasteiger charge is -2.20. The van der Waals surface area contributed by atoms with E-state index in [-0.39, 0.29) is 12.0 Å². The van der Waals surface area contributed by atoms with Crippen LogP contribution >= 0.6 is 0 Å².